The van der Waals surface area contributed by atoms with Gasteiger partial charge in [-0.15, -0.1) is 0 Å². The lowest BCUT2D eigenvalue weighted by Crippen LogP contribution is -2.22. The number of aryl methyl sites for hydroxylation is 1. The third kappa shape index (κ3) is 6.84. The van der Waals surface area contributed by atoms with Crippen LogP contribution in [-0.2, 0) is 4.79 Å². The summed E-state index contributed by atoms with van der Waals surface area (Å²) in [6.45, 7) is 4.46. The maximum atomic E-state index is 10.7. The summed E-state index contributed by atoms with van der Waals surface area (Å²) in [5, 5.41) is 0. The van der Waals surface area contributed by atoms with Crippen molar-refractivity contribution in [3.63, 3.8) is 0 Å². The van der Waals surface area contributed by atoms with E-state index in [0.717, 1.165) is 23.5 Å². The summed E-state index contributed by atoms with van der Waals surface area (Å²) < 4.78 is 4.97. The molecule has 2 saturated carbocycles. The zero-order chi connectivity index (χ0) is 18.1. The summed E-state index contributed by atoms with van der Waals surface area (Å²) in [6.07, 6.45) is 13.4. The lowest BCUT2D eigenvalue weighted by atomic mass is 9.74. The Bertz CT molecular complexity index is 485. The second kappa shape index (κ2) is 10.6. The molecule has 2 unspecified atom stereocenters. The molecule has 0 bridgehead atoms. The molecule has 3 rings (SSSR count). The molecule has 2 fully saturated rings. The normalized spacial score (nSPS) is 29.7. The molecule has 1 aromatic rings. The smallest absolute Gasteiger partial charge is 0.123 e. The molecule has 0 spiro atoms. The van der Waals surface area contributed by atoms with Gasteiger partial charge in [-0.25, -0.2) is 0 Å². The number of carbonyl (C=O) groups excluding carboxylic acids is 1. The van der Waals surface area contributed by atoms with Crippen molar-refractivity contribution in [1.29, 1.82) is 0 Å². The lowest BCUT2D eigenvalue weighted by Gasteiger charge is -2.31. The SMILES string of the molecule is CC1CCCC(C2CCC(C=O)CC2)CC1.COc1ccc(C)cc1. The van der Waals surface area contributed by atoms with Gasteiger partial charge in [-0.2, -0.15) is 0 Å². The number of aldehydes is 1. The Morgan fingerprint density at radius 2 is 1.48 bits per heavy atom. The van der Waals surface area contributed by atoms with Gasteiger partial charge in [0.1, 0.15) is 12.0 Å². The number of hydrogen-bond acceptors (Lipinski definition) is 2. The molecule has 0 aromatic heterocycles. The first-order valence-electron chi connectivity index (χ1n) is 10.2. The number of ether oxygens (including phenoxy) is 1. The molecule has 0 aliphatic heterocycles. The highest BCUT2D eigenvalue weighted by molar-refractivity contribution is 5.53. The molecule has 2 aliphatic carbocycles. The zero-order valence-corrected chi connectivity index (χ0v) is 16.4. The van der Waals surface area contributed by atoms with Gasteiger partial charge < -0.3 is 9.53 Å². The molecular weight excluding hydrogens is 308 g/mol. The van der Waals surface area contributed by atoms with Crippen molar-refractivity contribution in [1.82, 2.24) is 0 Å². The Balaban J connectivity index is 0.000000212. The second-order valence-corrected chi connectivity index (χ2v) is 8.20. The van der Waals surface area contributed by atoms with E-state index in [0.29, 0.717) is 5.92 Å². The predicted molar refractivity (Wildman–Crippen MR) is 105 cm³/mol. The zero-order valence-electron chi connectivity index (χ0n) is 16.4. The van der Waals surface area contributed by atoms with E-state index in [9.17, 15) is 4.79 Å². The van der Waals surface area contributed by atoms with Crippen molar-refractivity contribution >= 4 is 6.29 Å². The highest BCUT2D eigenvalue weighted by Crippen LogP contribution is 2.39. The Kier molecular flexibility index (Phi) is 8.51. The van der Waals surface area contributed by atoms with Crippen LogP contribution in [0.1, 0.15) is 70.3 Å². The topological polar surface area (TPSA) is 26.3 Å². The van der Waals surface area contributed by atoms with Crippen LogP contribution in [0.3, 0.4) is 0 Å². The molecule has 2 heteroatoms. The van der Waals surface area contributed by atoms with Gasteiger partial charge >= 0.3 is 0 Å². The van der Waals surface area contributed by atoms with Crippen LogP contribution in [0.5, 0.6) is 5.75 Å². The minimum atomic E-state index is 0.390. The van der Waals surface area contributed by atoms with Crippen molar-refractivity contribution in [2.45, 2.75) is 71.6 Å². The third-order valence-electron chi connectivity index (χ3n) is 6.23. The van der Waals surface area contributed by atoms with E-state index in [4.69, 9.17) is 4.74 Å². The molecule has 2 aliphatic rings. The Hall–Kier alpha value is -1.31. The number of carbonyl (C=O) groups is 1. The van der Waals surface area contributed by atoms with Crippen LogP contribution >= 0.6 is 0 Å². The van der Waals surface area contributed by atoms with Crippen molar-refractivity contribution in [2.24, 2.45) is 23.7 Å². The molecule has 0 heterocycles. The quantitative estimate of drug-likeness (QED) is 0.481. The summed E-state index contributed by atoms with van der Waals surface area (Å²) in [4.78, 5) is 10.7. The second-order valence-electron chi connectivity index (χ2n) is 8.20. The van der Waals surface area contributed by atoms with Gasteiger partial charge in [0, 0.05) is 5.92 Å². The molecule has 0 N–H and O–H groups in total. The van der Waals surface area contributed by atoms with Crippen LogP contribution in [0.2, 0.25) is 0 Å². The van der Waals surface area contributed by atoms with Gasteiger partial charge in [0.2, 0.25) is 0 Å². The number of methoxy groups -OCH3 is 1. The monoisotopic (exact) mass is 344 g/mol. The van der Waals surface area contributed by atoms with Gasteiger partial charge in [0.05, 0.1) is 7.11 Å². The first-order valence-corrected chi connectivity index (χ1v) is 10.2. The number of hydrogen-bond donors (Lipinski definition) is 0. The fraction of sp³-hybridized carbons (Fsp3) is 0.696. The highest BCUT2D eigenvalue weighted by atomic mass is 16.5. The van der Waals surface area contributed by atoms with Gasteiger partial charge in [-0.05, 0) is 68.9 Å². The third-order valence-corrected chi connectivity index (χ3v) is 6.23. The van der Waals surface area contributed by atoms with E-state index >= 15 is 0 Å². The Labute approximate surface area is 154 Å². The van der Waals surface area contributed by atoms with Gasteiger partial charge in [-0.3, -0.25) is 0 Å². The molecule has 1 aromatic carbocycles. The van der Waals surface area contributed by atoms with Crippen LogP contribution in [-0.4, -0.2) is 13.4 Å². The maximum Gasteiger partial charge on any atom is 0.123 e. The Morgan fingerprint density at radius 1 is 0.880 bits per heavy atom. The number of rotatable bonds is 3. The summed E-state index contributed by atoms with van der Waals surface area (Å²) in [7, 11) is 1.67. The average molecular weight is 345 g/mol. The summed E-state index contributed by atoms with van der Waals surface area (Å²) in [5.74, 6) is 4.19. The first-order chi connectivity index (χ1) is 12.1. The van der Waals surface area contributed by atoms with Crippen molar-refractivity contribution < 1.29 is 9.53 Å². The van der Waals surface area contributed by atoms with Crippen molar-refractivity contribution in [3.8, 4) is 5.75 Å². The van der Waals surface area contributed by atoms with Gasteiger partial charge in [0.15, 0.2) is 0 Å². The average Bonchev–Trinajstić information content (AvgIpc) is 2.87. The van der Waals surface area contributed by atoms with Crippen LogP contribution in [0.25, 0.3) is 0 Å². The van der Waals surface area contributed by atoms with Crippen LogP contribution in [0.4, 0.5) is 0 Å². The van der Waals surface area contributed by atoms with E-state index in [1.165, 1.54) is 69.6 Å². The minimum absolute atomic E-state index is 0.390. The highest BCUT2D eigenvalue weighted by Gasteiger charge is 2.28. The maximum absolute atomic E-state index is 10.7. The van der Waals surface area contributed by atoms with Crippen LogP contribution in [0, 0.1) is 30.6 Å². The van der Waals surface area contributed by atoms with Crippen molar-refractivity contribution in [3.05, 3.63) is 29.8 Å². The van der Waals surface area contributed by atoms with E-state index in [1.54, 1.807) is 7.11 Å². The molecule has 0 radical (unpaired) electrons. The molecule has 2 atom stereocenters. The van der Waals surface area contributed by atoms with E-state index < -0.39 is 0 Å². The lowest BCUT2D eigenvalue weighted by molar-refractivity contribution is -0.112. The fourth-order valence-corrected chi connectivity index (χ4v) is 4.41. The summed E-state index contributed by atoms with van der Waals surface area (Å²) in [6, 6.07) is 7.96. The standard InChI is InChI=1S/C15H26O.C8H10O/c1-12-3-2-4-14(8-5-12)15-9-6-13(11-16)7-10-15;1-7-3-5-8(9-2)6-4-7/h11-15H,2-10H2,1H3;3-6H,1-2H3. The van der Waals surface area contributed by atoms with Crippen LogP contribution < -0.4 is 4.74 Å². The summed E-state index contributed by atoms with van der Waals surface area (Å²) >= 11 is 0. The molecule has 2 nitrogen and oxygen atoms in total. The molecule has 25 heavy (non-hydrogen) atoms. The van der Waals surface area contributed by atoms with E-state index in [1.807, 2.05) is 24.3 Å². The molecule has 0 saturated heterocycles. The molecular formula is C23H36O2. The molecule has 140 valence electrons. The van der Waals surface area contributed by atoms with Crippen LogP contribution in [0.15, 0.2) is 24.3 Å². The van der Waals surface area contributed by atoms with Gasteiger partial charge in [-0.1, -0.05) is 50.3 Å². The van der Waals surface area contributed by atoms with Gasteiger partial charge in [0.25, 0.3) is 0 Å². The largest absolute Gasteiger partial charge is 0.497 e. The Morgan fingerprint density at radius 3 is 2.08 bits per heavy atom. The first kappa shape index (κ1) is 20.0. The van der Waals surface area contributed by atoms with E-state index in [-0.39, 0.29) is 0 Å². The molecule has 0 amide bonds. The van der Waals surface area contributed by atoms with Crippen molar-refractivity contribution in [2.75, 3.05) is 7.11 Å². The summed E-state index contributed by atoms with van der Waals surface area (Å²) in [5.41, 5.74) is 1.26. The predicted octanol–water partition coefficient (Wildman–Crippen LogP) is 6.21. The fourth-order valence-electron chi connectivity index (χ4n) is 4.41. The number of benzene rings is 1. The minimum Gasteiger partial charge on any atom is -0.497 e. The van der Waals surface area contributed by atoms with E-state index in [2.05, 4.69) is 13.8 Å².